The van der Waals surface area contributed by atoms with Crippen molar-refractivity contribution in [1.82, 2.24) is 5.43 Å². The van der Waals surface area contributed by atoms with Crippen LogP contribution in [0.2, 0.25) is 0 Å². The van der Waals surface area contributed by atoms with Gasteiger partial charge in [-0.15, -0.1) is 0 Å². The SMILES string of the molecule is O=C(Cc1ccc2c(c1)OCCO2)N/N=C/c1ccc(F)cc1. The van der Waals surface area contributed by atoms with Gasteiger partial charge in [0.2, 0.25) is 5.91 Å². The summed E-state index contributed by atoms with van der Waals surface area (Å²) in [6.07, 6.45) is 1.64. The summed E-state index contributed by atoms with van der Waals surface area (Å²) in [7, 11) is 0. The van der Waals surface area contributed by atoms with Crippen LogP contribution in [0, 0.1) is 5.82 Å². The Morgan fingerprint density at radius 3 is 2.65 bits per heavy atom. The van der Waals surface area contributed by atoms with E-state index in [2.05, 4.69) is 10.5 Å². The molecule has 1 N–H and O–H groups in total. The minimum absolute atomic E-state index is 0.178. The summed E-state index contributed by atoms with van der Waals surface area (Å²) in [5.41, 5.74) is 3.95. The van der Waals surface area contributed by atoms with E-state index in [1.165, 1.54) is 18.3 Å². The number of rotatable bonds is 4. The molecule has 1 aliphatic rings. The average molecular weight is 314 g/mol. The smallest absolute Gasteiger partial charge is 0.244 e. The topological polar surface area (TPSA) is 59.9 Å². The molecule has 0 bridgehead atoms. The van der Waals surface area contributed by atoms with E-state index in [4.69, 9.17) is 9.47 Å². The van der Waals surface area contributed by atoms with Crippen LogP contribution in [0.1, 0.15) is 11.1 Å². The van der Waals surface area contributed by atoms with Crippen LogP contribution in [0.3, 0.4) is 0 Å². The second kappa shape index (κ2) is 6.91. The molecular formula is C17H15FN2O3. The number of fused-ring (bicyclic) bond motifs is 1. The van der Waals surface area contributed by atoms with Crippen molar-refractivity contribution in [3.8, 4) is 11.5 Å². The van der Waals surface area contributed by atoms with Gasteiger partial charge in [-0.05, 0) is 35.4 Å². The maximum atomic E-state index is 12.8. The number of hydrazone groups is 1. The van der Waals surface area contributed by atoms with Gasteiger partial charge in [-0.2, -0.15) is 5.10 Å². The van der Waals surface area contributed by atoms with E-state index in [-0.39, 0.29) is 18.1 Å². The molecule has 5 nitrogen and oxygen atoms in total. The van der Waals surface area contributed by atoms with Crippen LogP contribution < -0.4 is 14.9 Å². The summed E-state index contributed by atoms with van der Waals surface area (Å²) in [5, 5.41) is 3.85. The number of hydrogen-bond acceptors (Lipinski definition) is 4. The van der Waals surface area contributed by atoms with Gasteiger partial charge in [-0.1, -0.05) is 18.2 Å². The minimum Gasteiger partial charge on any atom is -0.486 e. The van der Waals surface area contributed by atoms with Gasteiger partial charge in [0, 0.05) is 0 Å². The predicted molar refractivity (Wildman–Crippen MR) is 83.3 cm³/mol. The zero-order valence-electron chi connectivity index (χ0n) is 12.3. The largest absolute Gasteiger partial charge is 0.486 e. The van der Waals surface area contributed by atoms with Gasteiger partial charge in [0.05, 0.1) is 12.6 Å². The number of nitrogens with one attached hydrogen (secondary N) is 1. The molecule has 0 aromatic heterocycles. The summed E-state index contributed by atoms with van der Waals surface area (Å²) < 4.78 is 23.7. The highest BCUT2D eigenvalue weighted by atomic mass is 19.1. The first kappa shape index (κ1) is 15.0. The lowest BCUT2D eigenvalue weighted by Crippen LogP contribution is -2.20. The first-order valence-electron chi connectivity index (χ1n) is 7.17. The Morgan fingerprint density at radius 1 is 1.13 bits per heavy atom. The fourth-order valence-electron chi connectivity index (χ4n) is 2.15. The number of carbonyl (C=O) groups excluding carboxylic acids is 1. The molecule has 6 heteroatoms. The van der Waals surface area contributed by atoms with Crippen molar-refractivity contribution < 1.29 is 18.7 Å². The van der Waals surface area contributed by atoms with Gasteiger partial charge in [0.1, 0.15) is 19.0 Å². The molecule has 2 aromatic carbocycles. The zero-order valence-corrected chi connectivity index (χ0v) is 12.3. The minimum atomic E-state index is -0.315. The highest BCUT2D eigenvalue weighted by molar-refractivity contribution is 5.83. The van der Waals surface area contributed by atoms with Crippen molar-refractivity contribution in [3.05, 3.63) is 59.4 Å². The number of carbonyl (C=O) groups is 1. The van der Waals surface area contributed by atoms with Gasteiger partial charge in [-0.3, -0.25) is 4.79 Å². The highest BCUT2D eigenvalue weighted by Gasteiger charge is 2.12. The Morgan fingerprint density at radius 2 is 1.87 bits per heavy atom. The fraction of sp³-hybridized carbons (Fsp3) is 0.176. The summed E-state index contributed by atoms with van der Waals surface area (Å²) in [6, 6.07) is 11.2. The number of nitrogens with zero attached hydrogens (tertiary/aromatic N) is 1. The molecule has 0 radical (unpaired) electrons. The molecular weight excluding hydrogens is 299 g/mol. The number of benzene rings is 2. The number of amides is 1. The van der Waals surface area contributed by atoms with Crippen LogP contribution in [0.25, 0.3) is 0 Å². The molecule has 0 unspecified atom stereocenters. The Hall–Kier alpha value is -2.89. The molecule has 0 atom stereocenters. The Balaban J connectivity index is 1.56. The molecule has 3 rings (SSSR count). The van der Waals surface area contributed by atoms with Gasteiger partial charge < -0.3 is 9.47 Å². The monoisotopic (exact) mass is 314 g/mol. The van der Waals surface area contributed by atoms with E-state index in [1.807, 2.05) is 6.07 Å². The summed E-state index contributed by atoms with van der Waals surface area (Å²) in [6.45, 7) is 1.04. The summed E-state index contributed by atoms with van der Waals surface area (Å²) >= 11 is 0. The quantitative estimate of drug-likeness (QED) is 0.696. The van der Waals surface area contributed by atoms with Crippen LogP contribution in [0.15, 0.2) is 47.6 Å². The number of halogens is 1. The molecule has 23 heavy (non-hydrogen) atoms. The van der Waals surface area contributed by atoms with E-state index >= 15 is 0 Å². The Labute approximate surface area is 132 Å². The predicted octanol–water partition coefficient (Wildman–Crippen LogP) is 2.29. The molecule has 0 aliphatic carbocycles. The fourth-order valence-corrected chi connectivity index (χ4v) is 2.15. The number of hydrogen-bond donors (Lipinski definition) is 1. The molecule has 1 aliphatic heterocycles. The van der Waals surface area contributed by atoms with Crippen LogP contribution >= 0.6 is 0 Å². The van der Waals surface area contributed by atoms with Crippen LogP contribution in [0.4, 0.5) is 4.39 Å². The van der Waals surface area contributed by atoms with Crippen LogP contribution in [-0.4, -0.2) is 25.3 Å². The highest BCUT2D eigenvalue weighted by Crippen LogP contribution is 2.30. The molecule has 0 fully saturated rings. The molecule has 0 spiro atoms. The molecule has 0 saturated carbocycles. The molecule has 0 saturated heterocycles. The molecule has 118 valence electrons. The third-order valence-electron chi connectivity index (χ3n) is 3.24. The van der Waals surface area contributed by atoms with Crippen LogP contribution in [0.5, 0.6) is 11.5 Å². The third kappa shape index (κ3) is 4.06. The zero-order chi connectivity index (χ0) is 16.1. The normalized spacial score (nSPS) is 13.1. The van der Waals surface area contributed by atoms with Gasteiger partial charge in [0.25, 0.3) is 0 Å². The van der Waals surface area contributed by atoms with Gasteiger partial charge in [-0.25, -0.2) is 9.82 Å². The Kier molecular flexibility index (Phi) is 4.52. The van der Waals surface area contributed by atoms with E-state index in [0.717, 1.165) is 5.56 Å². The van der Waals surface area contributed by atoms with Gasteiger partial charge in [0.15, 0.2) is 11.5 Å². The van der Waals surface area contributed by atoms with Crippen molar-refractivity contribution in [3.63, 3.8) is 0 Å². The van der Waals surface area contributed by atoms with Crippen molar-refractivity contribution in [2.45, 2.75) is 6.42 Å². The summed E-state index contributed by atoms with van der Waals surface area (Å²) in [5.74, 6) is 0.774. The van der Waals surface area contributed by atoms with E-state index < -0.39 is 0 Å². The maximum Gasteiger partial charge on any atom is 0.244 e. The molecule has 2 aromatic rings. The van der Waals surface area contributed by atoms with Crippen molar-refractivity contribution in [1.29, 1.82) is 0 Å². The lowest BCUT2D eigenvalue weighted by molar-refractivity contribution is -0.120. The third-order valence-corrected chi connectivity index (χ3v) is 3.24. The van der Waals surface area contributed by atoms with Crippen LogP contribution in [-0.2, 0) is 11.2 Å². The second-order valence-corrected chi connectivity index (χ2v) is 5.00. The van der Waals surface area contributed by atoms with Gasteiger partial charge >= 0.3 is 0 Å². The maximum absolute atomic E-state index is 12.8. The lowest BCUT2D eigenvalue weighted by Gasteiger charge is -2.18. The van der Waals surface area contributed by atoms with Crippen molar-refractivity contribution >= 4 is 12.1 Å². The van der Waals surface area contributed by atoms with E-state index in [9.17, 15) is 9.18 Å². The lowest BCUT2D eigenvalue weighted by atomic mass is 10.1. The van der Waals surface area contributed by atoms with E-state index in [1.54, 1.807) is 24.3 Å². The molecule has 1 amide bonds. The number of ether oxygens (including phenoxy) is 2. The standard InChI is InChI=1S/C17H15FN2O3/c18-14-4-1-12(2-5-14)11-19-20-17(21)10-13-3-6-15-16(9-13)23-8-7-22-15/h1-6,9,11H,7-8,10H2,(H,20,21)/b19-11+. The summed E-state index contributed by atoms with van der Waals surface area (Å²) in [4.78, 5) is 11.9. The second-order valence-electron chi connectivity index (χ2n) is 5.00. The average Bonchev–Trinajstić information content (AvgIpc) is 2.56. The van der Waals surface area contributed by atoms with E-state index in [0.29, 0.717) is 30.3 Å². The Bertz CT molecular complexity index is 729. The molecule has 1 heterocycles. The van der Waals surface area contributed by atoms with Crippen molar-refractivity contribution in [2.75, 3.05) is 13.2 Å². The first-order valence-corrected chi connectivity index (χ1v) is 7.17. The first-order chi connectivity index (χ1) is 11.2. The van der Waals surface area contributed by atoms with Crippen molar-refractivity contribution in [2.24, 2.45) is 5.10 Å².